The second kappa shape index (κ2) is 4.36. The predicted octanol–water partition coefficient (Wildman–Crippen LogP) is 1.59. The highest BCUT2D eigenvalue weighted by Gasteiger charge is 2.42. The normalized spacial score (nSPS) is 31.6. The maximum Gasteiger partial charge on any atom is 0.225 e. The molecular weight excluding hydrogens is 200 g/mol. The van der Waals surface area contributed by atoms with Crippen LogP contribution in [0.3, 0.4) is 0 Å². The summed E-state index contributed by atoms with van der Waals surface area (Å²) >= 11 is 0. The van der Waals surface area contributed by atoms with Crippen molar-refractivity contribution in [1.29, 1.82) is 0 Å². The quantitative estimate of drug-likeness (QED) is 0.675. The van der Waals surface area contributed by atoms with Crippen LogP contribution in [0.25, 0.3) is 0 Å². The number of nitrogens with zero attached hydrogens (tertiary/aromatic N) is 2. The third kappa shape index (κ3) is 2.24. The molecular formula is C13H24N2O. The molecule has 0 aromatic heterocycles. The number of piperidine rings is 1. The molecule has 3 nitrogen and oxygen atoms in total. The molecule has 2 fully saturated rings. The molecule has 1 unspecified atom stereocenters. The van der Waals surface area contributed by atoms with Crippen molar-refractivity contribution < 1.29 is 4.79 Å². The number of hydrogen-bond donors (Lipinski definition) is 0. The van der Waals surface area contributed by atoms with Crippen LogP contribution in [0.5, 0.6) is 0 Å². The SMILES string of the molecule is CC(C)C(=O)N1CCC2(CCCN(C)C2)C1. The molecule has 2 rings (SSSR count). The number of rotatable bonds is 1. The van der Waals surface area contributed by atoms with Gasteiger partial charge in [0.15, 0.2) is 0 Å². The number of likely N-dealkylation sites (tertiary alicyclic amines) is 2. The average molecular weight is 224 g/mol. The first-order valence-corrected chi connectivity index (χ1v) is 6.50. The average Bonchev–Trinajstić information content (AvgIpc) is 2.60. The first-order chi connectivity index (χ1) is 7.52. The lowest BCUT2D eigenvalue weighted by atomic mass is 9.79. The van der Waals surface area contributed by atoms with Crippen molar-refractivity contribution in [2.75, 3.05) is 33.2 Å². The Morgan fingerprint density at radius 2 is 1.94 bits per heavy atom. The second-order valence-corrected chi connectivity index (χ2v) is 6.01. The fraction of sp³-hybridized carbons (Fsp3) is 0.923. The van der Waals surface area contributed by atoms with Gasteiger partial charge in [-0.15, -0.1) is 0 Å². The van der Waals surface area contributed by atoms with Gasteiger partial charge in [0.2, 0.25) is 5.91 Å². The fourth-order valence-electron chi connectivity index (χ4n) is 3.28. The number of amides is 1. The highest BCUT2D eigenvalue weighted by Crippen LogP contribution is 2.38. The second-order valence-electron chi connectivity index (χ2n) is 6.01. The Hall–Kier alpha value is -0.570. The molecule has 0 N–H and O–H groups in total. The minimum atomic E-state index is 0.150. The van der Waals surface area contributed by atoms with Gasteiger partial charge in [0.25, 0.3) is 0 Å². The molecule has 0 aromatic carbocycles. The minimum absolute atomic E-state index is 0.150. The zero-order valence-corrected chi connectivity index (χ0v) is 10.8. The summed E-state index contributed by atoms with van der Waals surface area (Å²) in [6.07, 6.45) is 3.80. The summed E-state index contributed by atoms with van der Waals surface area (Å²) in [5, 5.41) is 0. The lowest BCUT2D eigenvalue weighted by Crippen LogP contribution is -2.44. The van der Waals surface area contributed by atoms with Crippen LogP contribution in [-0.4, -0.2) is 48.9 Å². The monoisotopic (exact) mass is 224 g/mol. The Morgan fingerprint density at radius 1 is 1.19 bits per heavy atom. The van der Waals surface area contributed by atoms with E-state index in [1.807, 2.05) is 13.8 Å². The molecule has 0 radical (unpaired) electrons. The maximum absolute atomic E-state index is 12.0. The van der Waals surface area contributed by atoms with E-state index in [-0.39, 0.29) is 5.92 Å². The minimum Gasteiger partial charge on any atom is -0.342 e. The summed E-state index contributed by atoms with van der Waals surface area (Å²) in [7, 11) is 2.20. The highest BCUT2D eigenvalue weighted by atomic mass is 16.2. The van der Waals surface area contributed by atoms with Gasteiger partial charge < -0.3 is 9.80 Å². The molecule has 16 heavy (non-hydrogen) atoms. The van der Waals surface area contributed by atoms with Crippen molar-refractivity contribution in [2.24, 2.45) is 11.3 Å². The van der Waals surface area contributed by atoms with Crippen LogP contribution >= 0.6 is 0 Å². The van der Waals surface area contributed by atoms with Crippen LogP contribution in [0, 0.1) is 11.3 Å². The zero-order valence-electron chi connectivity index (χ0n) is 10.8. The van der Waals surface area contributed by atoms with Gasteiger partial charge in [0, 0.05) is 31.0 Å². The first-order valence-electron chi connectivity index (χ1n) is 6.50. The van der Waals surface area contributed by atoms with Crippen LogP contribution in [-0.2, 0) is 4.79 Å². The van der Waals surface area contributed by atoms with Crippen LogP contribution in [0.4, 0.5) is 0 Å². The Morgan fingerprint density at radius 3 is 2.56 bits per heavy atom. The van der Waals surface area contributed by atoms with Crippen molar-refractivity contribution in [2.45, 2.75) is 33.1 Å². The molecule has 2 aliphatic heterocycles. The van der Waals surface area contributed by atoms with Crippen LogP contribution in [0.15, 0.2) is 0 Å². The molecule has 0 aliphatic carbocycles. The van der Waals surface area contributed by atoms with Crippen molar-refractivity contribution in [3.8, 4) is 0 Å². The summed E-state index contributed by atoms with van der Waals surface area (Å²) in [5.74, 6) is 0.488. The van der Waals surface area contributed by atoms with E-state index in [4.69, 9.17) is 0 Å². The van der Waals surface area contributed by atoms with Crippen molar-refractivity contribution in [3.05, 3.63) is 0 Å². The third-order valence-corrected chi connectivity index (χ3v) is 4.10. The Bertz CT molecular complexity index is 277. The predicted molar refractivity (Wildman–Crippen MR) is 65.2 cm³/mol. The third-order valence-electron chi connectivity index (χ3n) is 4.10. The van der Waals surface area contributed by atoms with Crippen molar-refractivity contribution in [1.82, 2.24) is 9.80 Å². The molecule has 1 amide bonds. The smallest absolute Gasteiger partial charge is 0.225 e. The van der Waals surface area contributed by atoms with Crippen molar-refractivity contribution >= 4 is 5.91 Å². The molecule has 3 heteroatoms. The van der Waals surface area contributed by atoms with Gasteiger partial charge in [-0.05, 0) is 32.9 Å². The van der Waals surface area contributed by atoms with Crippen LogP contribution < -0.4 is 0 Å². The van der Waals surface area contributed by atoms with Gasteiger partial charge in [0.1, 0.15) is 0 Å². The van der Waals surface area contributed by atoms with Gasteiger partial charge in [-0.3, -0.25) is 4.79 Å². The molecule has 1 spiro atoms. The van der Waals surface area contributed by atoms with E-state index in [0.29, 0.717) is 11.3 Å². The summed E-state index contributed by atoms with van der Waals surface area (Å²) < 4.78 is 0. The Balaban J connectivity index is 1.98. The van der Waals surface area contributed by atoms with Crippen LogP contribution in [0.2, 0.25) is 0 Å². The van der Waals surface area contributed by atoms with Crippen LogP contribution in [0.1, 0.15) is 33.1 Å². The van der Waals surface area contributed by atoms with Gasteiger partial charge in [-0.2, -0.15) is 0 Å². The maximum atomic E-state index is 12.0. The standard InChI is InChI=1S/C13H24N2O/c1-11(2)12(16)15-8-6-13(10-15)5-4-7-14(3)9-13/h11H,4-10H2,1-3H3. The summed E-state index contributed by atoms with van der Waals surface area (Å²) in [6.45, 7) is 8.37. The van der Waals surface area contributed by atoms with E-state index in [1.54, 1.807) is 0 Å². The van der Waals surface area contributed by atoms with Crippen molar-refractivity contribution in [3.63, 3.8) is 0 Å². The van der Waals surface area contributed by atoms with E-state index in [2.05, 4.69) is 16.8 Å². The van der Waals surface area contributed by atoms with Gasteiger partial charge in [0.05, 0.1) is 0 Å². The summed E-state index contributed by atoms with van der Waals surface area (Å²) in [4.78, 5) is 16.5. The molecule has 2 aliphatic rings. The number of hydrogen-bond acceptors (Lipinski definition) is 2. The van der Waals surface area contributed by atoms with E-state index < -0.39 is 0 Å². The van der Waals surface area contributed by atoms with Gasteiger partial charge >= 0.3 is 0 Å². The van der Waals surface area contributed by atoms with E-state index in [0.717, 1.165) is 13.1 Å². The zero-order chi connectivity index (χ0) is 11.8. The lowest BCUT2D eigenvalue weighted by molar-refractivity contribution is -0.133. The van der Waals surface area contributed by atoms with Gasteiger partial charge in [-0.25, -0.2) is 0 Å². The molecule has 0 saturated carbocycles. The summed E-state index contributed by atoms with van der Waals surface area (Å²) in [6, 6.07) is 0. The molecule has 1 atom stereocenters. The highest BCUT2D eigenvalue weighted by molar-refractivity contribution is 5.78. The Labute approximate surface area is 98.8 Å². The number of carbonyl (C=O) groups is 1. The summed E-state index contributed by atoms with van der Waals surface area (Å²) in [5.41, 5.74) is 0.414. The van der Waals surface area contributed by atoms with E-state index in [1.165, 1.54) is 32.4 Å². The number of carbonyl (C=O) groups excluding carboxylic acids is 1. The Kier molecular flexibility index (Phi) is 3.24. The lowest BCUT2D eigenvalue weighted by Gasteiger charge is -2.38. The fourth-order valence-corrected chi connectivity index (χ4v) is 3.28. The van der Waals surface area contributed by atoms with E-state index in [9.17, 15) is 4.79 Å². The molecule has 2 saturated heterocycles. The largest absolute Gasteiger partial charge is 0.342 e. The first kappa shape index (κ1) is 11.9. The van der Waals surface area contributed by atoms with Gasteiger partial charge in [-0.1, -0.05) is 13.8 Å². The van der Waals surface area contributed by atoms with E-state index >= 15 is 0 Å². The topological polar surface area (TPSA) is 23.6 Å². The molecule has 0 bridgehead atoms. The molecule has 2 heterocycles. The molecule has 92 valence electrons. The molecule has 0 aromatic rings.